The summed E-state index contributed by atoms with van der Waals surface area (Å²) in [6.45, 7) is 3.20. The Morgan fingerprint density at radius 1 is 1.12 bits per heavy atom. The smallest absolute Gasteiger partial charge is 0.232 e. The zero-order valence-corrected chi connectivity index (χ0v) is 14.8. The van der Waals surface area contributed by atoms with Gasteiger partial charge in [0.25, 0.3) is 0 Å². The number of carbonyl (C=O) groups is 2. The van der Waals surface area contributed by atoms with Crippen LogP contribution in [0.1, 0.15) is 17.5 Å². The molecule has 4 heteroatoms. The van der Waals surface area contributed by atoms with Crippen molar-refractivity contribution in [3.63, 3.8) is 0 Å². The Labute approximate surface area is 149 Å². The van der Waals surface area contributed by atoms with Gasteiger partial charge >= 0.3 is 0 Å². The number of likely N-dealkylation sites (tertiary alicyclic amines) is 1. The Hall–Kier alpha value is -2.62. The summed E-state index contributed by atoms with van der Waals surface area (Å²) in [7, 11) is 1.78. The highest BCUT2D eigenvalue weighted by Crippen LogP contribution is 2.23. The number of benzene rings is 2. The van der Waals surface area contributed by atoms with Crippen molar-refractivity contribution < 1.29 is 9.59 Å². The molecule has 0 bridgehead atoms. The lowest BCUT2D eigenvalue weighted by molar-refractivity contribution is -0.128. The average molecular weight is 336 g/mol. The normalized spacial score (nSPS) is 17.0. The number of amides is 2. The highest BCUT2D eigenvalue weighted by atomic mass is 16.2. The maximum Gasteiger partial charge on any atom is 0.232 e. The Balaban J connectivity index is 1.59. The van der Waals surface area contributed by atoms with E-state index in [9.17, 15) is 9.59 Å². The van der Waals surface area contributed by atoms with Crippen molar-refractivity contribution in [3.8, 4) is 0 Å². The molecule has 0 aliphatic carbocycles. The summed E-state index contributed by atoms with van der Waals surface area (Å²) in [6.07, 6.45) is 1.13. The van der Waals surface area contributed by atoms with Crippen molar-refractivity contribution >= 4 is 17.5 Å². The largest absolute Gasteiger partial charge is 0.342 e. The second kappa shape index (κ2) is 7.51. The summed E-state index contributed by atoms with van der Waals surface area (Å²) in [6, 6.07) is 18.0. The second-order valence-electron chi connectivity index (χ2n) is 6.71. The van der Waals surface area contributed by atoms with Crippen LogP contribution in [0, 0.1) is 12.8 Å². The van der Waals surface area contributed by atoms with E-state index in [1.54, 1.807) is 11.9 Å². The predicted molar refractivity (Wildman–Crippen MR) is 99.4 cm³/mol. The first-order chi connectivity index (χ1) is 12.0. The fourth-order valence-corrected chi connectivity index (χ4v) is 3.23. The Morgan fingerprint density at radius 3 is 2.48 bits per heavy atom. The standard InChI is InChI=1S/C21H24N2O2/c1-16-8-10-19(11-9-16)22(2)21(25)18-14-20(24)23(15-18)13-12-17-6-4-3-5-7-17/h3-11,18H,12-15H2,1-2H3. The molecule has 2 aromatic rings. The monoisotopic (exact) mass is 336 g/mol. The van der Waals surface area contributed by atoms with E-state index < -0.39 is 0 Å². The van der Waals surface area contributed by atoms with Crippen molar-refractivity contribution in [3.05, 3.63) is 65.7 Å². The van der Waals surface area contributed by atoms with Crippen LogP contribution in [0.4, 0.5) is 5.69 Å². The summed E-state index contributed by atoms with van der Waals surface area (Å²) >= 11 is 0. The minimum Gasteiger partial charge on any atom is -0.342 e. The van der Waals surface area contributed by atoms with Gasteiger partial charge in [0.05, 0.1) is 5.92 Å². The number of aryl methyl sites for hydroxylation is 1. The second-order valence-corrected chi connectivity index (χ2v) is 6.71. The summed E-state index contributed by atoms with van der Waals surface area (Å²) < 4.78 is 0. The van der Waals surface area contributed by atoms with E-state index in [2.05, 4.69) is 12.1 Å². The SMILES string of the molecule is Cc1ccc(N(C)C(=O)C2CC(=O)N(CCc3ccccc3)C2)cc1. The molecule has 0 saturated carbocycles. The molecule has 0 spiro atoms. The Morgan fingerprint density at radius 2 is 1.80 bits per heavy atom. The van der Waals surface area contributed by atoms with Crippen LogP contribution in [-0.2, 0) is 16.0 Å². The maximum absolute atomic E-state index is 12.7. The number of hydrogen-bond acceptors (Lipinski definition) is 2. The molecule has 3 rings (SSSR count). The molecule has 1 fully saturated rings. The van der Waals surface area contributed by atoms with Crippen LogP contribution in [0.2, 0.25) is 0 Å². The van der Waals surface area contributed by atoms with E-state index in [-0.39, 0.29) is 17.7 Å². The molecule has 0 aromatic heterocycles. The lowest BCUT2D eigenvalue weighted by Crippen LogP contribution is -2.35. The number of rotatable bonds is 5. The molecule has 1 atom stereocenters. The lowest BCUT2D eigenvalue weighted by atomic mass is 10.1. The van der Waals surface area contributed by atoms with Gasteiger partial charge in [0.2, 0.25) is 11.8 Å². The third kappa shape index (κ3) is 4.08. The van der Waals surface area contributed by atoms with Gasteiger partial charge in [-0.3, -0.25) is 9.59 Å². The van der Waals surface area contributed by atoms with Crippen molar-refractivity contribution in [2.24, 2.45) is 5.92 Å². The first kappa shape index (κ1) is 17.2. The van der Waals surface area contributed by atoms with Crippen LogP contribution in [-0.4, -0.2) is 36.9 Å². The Kier molecular flexibility index (Phi) is 5.17. The molecular formula is C21H24N2O2. The van der Waals surface area contributed by atoms with Crippen LogP contribution in [0.15, 0.2) is 54.6 Å². The van der Waals surface area contributed by atoms with Crippen molar-refractivity contribution in [1.82, 2.24) is 4.90 Å². The third-order valence-corrected chi connectivity index (χ3v) is 4.83. The summed E-state index contributed by atoms with van der Waals surface area (Å²) in [5.41, 5.74) is 3.24. The molecule has 4 nitrogen and oxygen atoms in total. The summed E-state index contributed by atoms with van der Waals surface area (Å²) in [5, 5.41) is 0. The van der Waals surface area contributed by atoms with E-state index in [1.165, 1.54) is 5.56 Å². The molecule has 0 radical (unpaired) electrons. The number of carbonyl (C=O) groups excluding carboxylic acids is 2. The van der Waals surface area contributed by atoms with E-state index in [0.717, 1.165) is 17.7 Å². The molecule has 1 aliphatic heterocycles. The molecule has 2 aromatic carbocycles. The number of hydrogen-bond donors (Lipinski definition) is 0. The van der Waals surface area contributed by atoms with Gasteiger partial charge in [0.15, 0.2) is 0 Å². The van der Waals surface area contributed by atoms with Gasteiger partial charge in [-0.15, -0.1) is 0 Å². The third-order valence-electron chi connectivity index (χ3n) is 4.83. The molecular weight excluding hydrogens is 312 g/mol. The fraction of sp³-hybridized carbons (Fsp3) is 0.333. The first-order valence-electron chi connectivity index (χ1n) is 8.70. The maximum atomic E-state index is 12.7. The quantitative estimate of drug-likeness (QED) is 0.842. The van der Waals surface area contributed by atoms with Gasteiger partial charge in [-0.05, 0) is 31.0 Å². The lowest BCUT2D eigenvalue weighted by Gasteiger charge is -2.21. The number of anilines is 1. The van der Waals surface area contributed by atoms with Gasteiger partial charge in [-0.2, -0.15) is 0 Å². The van der Waals surface area contributed by atoms with Crippen LogP contribution >= 0.6 is 0 Å². The minimum absolute atomic E-state index is 0.0133. The molecule has 25 heavy (non-hydrogen) atoms. The van der Waals surface area contributed by atoms with Gasteiger partial charge in [0, 0.05) is 32.2 Å². The summed E-state index contributed by atoms with van der Waals surface area (Å²) in [5.74, 6) is -0.166. The van der Waals surface area contributed by atoms with Crippen LogP contribution in [0.25, 0.3) is 0 Å². The van der Waals surface area contributed by atoms with Crippen LogP contribution in [0.3, 0.4) is 0 Å². The topological polar surface area (TPSA) is 40.6 Å². The molecule has 1 unspecified atom stereocenters. The fourth-order valence-electron chi connectivity index (χ4n) is 3.23. The van der Waals surface area contributed by atoms with E-state index in [1.807, 2.05) is 54.3 Å². The van der Waals surface area contributed by atoms with Crippen molar-refractivity contribution in [2.75, 3.05) is 25.0 Å². The van der Waals surface area contributed by atoms with E-state index in [0.29, 0.717) is 19.5 Å². The molecule has 2 amide bonds. The van der Waals surface area contributed by atoms with E-state index >= 15 is 0 Å². The van der Waals surface area contributed by atoms with E-state index in [4.69, 9.17) is 0 Å². The average Bonchev–Trinajstić information content (AvgIpc) is 3.01. The first-order valence-corrected chi connectivity index (χ1v) is 8.70. The highest BCUT2D eigenvalue weighted by Gasteiger charge is 2.35. The predicted octanol–water partition coefficient (Wildman–Crippen LogP) is 3.05. The molecule has 1 heterocycles. The Bertz CT molecular complexity index is 740. The minimum atomic E-state index is -0.255. The van der Waals surface area contributed by atoms with Crippen molar-refractivity contribution in [2.45, 2.75) is 19.8 Å². The molecule has 1 saturated heterocycles. The van der Waals surface area contributed by atoms with Gasteiger partial charge < -0.3 is 9.80 Å². The zero-order valence-electron chi connectivity index (χ0n) is 14.8. The van der Waals surface area contributed by atoms with Gasteiger partial charge in [-0.1, -0.05) is 48.0 Å². The van der Waals surface area contributed by atoms with Crippen molar-refractivity contribution in [1.29, 1.82) is 0 Å². The van der Waals surface area contributed by atoms with Crippen LogP contribution < -0.4 is 4.90 Å². The number of nitrogens with zero attached hydrogens (tertiary/aromatic N) is 2. The van der Waals surface area contributed by atoms with Crippen LogP contribution in [0.5, 0.6) is 0 Å². The highest BCUT2D eigenvalue weighted by molar-refractivity contribution is 5.98. The molecule has 130 valence electrons. The van der Waals surface area contributed by atoms with Gasteiger partial charge in [0.1, 0.15) is 0 Å². The zero-order chi connectivity index (χ0) is 17.8. The summed E-state index contributed by atoms with van der Waals surface area (Å²) in [4.78, 5) is 28.5. The van der Waals surface area contributed by atoms with Gasteiger partial charge in [-0.25, -0.2) is 0 Å². The molecule has 0 N–H and O–H groups in total. The molecule has 1 aliphatic rings.